The molecule has 0 saturated heterocycles. The van der Waals surface area contributed by atoms with Gasteiger partial charge in [-0.1, -0.05) is 0 Å². The molecule has 0 aliphatic heterocycles. The van der Waals surface area contributed by atoms with Crippen molar-refractivity contribution in [2.45, 2.75) is 49.8 Å². The van der Waals surface area contributed by atoms with E-state index in [0.717, 1.165) is 24.3 Å². The lowest BCUT2D eigenvalue weighted by atomic mass is 10.0. The summed E-state index contributed by atoms with van der Waals surface area (Å²) in [5.41, 5.74) is -12.4. The number of halogens is 12. The van der Waals surface area contributed by atoms with Gasteiger partial charge in [0.25, 0.3) is 0 Å². The predicted molar refractivity (Wildman–Crippen MR) is 130 cm³/mol. The molecule has 44 heavy (non-hydrogen) atoms. The number of aliphatic hydroxyl groups is 2. The van der Waals surface area contributed by atoms with Crippen molar-refractivity contribution in [2.24, 2.45) is 0 Å². The molecule has 2 aromatic carbocycles. The van der Waals surface area contributed by atoms with Crippen LogP contribution < -0.4 is 0 Å². The van der Waals surface area contributed by atoms with Crippen LogP contribution >= 0.6 is 0 Å². The van der Waals surface area contributed by atoms with E-state index >= 15 is 0 Å². The number of alkyl halides is 12. The summed E-state index contributed by atoms with van der Waals surface area (Å²) in [6.45, 7) is 14.5. The van der Waals surface area contributed by atoms with Crippen LogP contribution in [0.5, 0.6) is 0 Å². The second kappa shape index (κ2) is 10.6. The summed E-state index contributed by atoms with van der Waals surface area (Å²) < 4.78 is 153. The van der Waals surface area contributed by atoms with Gasteiger partial charge in [0.05, 0.1) is 35.7 Å². The second-order valence-corrected chi connectivity index (χ2v) is 9.64. The van der Waals surface area contributed by atoms with Gasteiger partial charge in [-0.15, -0.1) is 0 Å². The number of nitrogens with one attached hydrogen (secondary N) is 2. The monoisotopic (exact) mass is 644 g/mol. The zero-order valence-electron chi connectivity index (χ0n) is 21.8. The van der Waals surface area contributed by atoms with Gasteiger partial charge in [-0.05, 0) is 61.0 Å². The summed E-state index contributed by atoms with van der Waals surface area (Å²) >= 11 is 0. The van der Waals surface area contributed by atoms with E-state index in [0.29, 0.717) is 26.0 Å². The number of aromatic amines is 2. The fourth-order valence-corrected chi connectivity index (χ4v) is 3.81. The van der Waals surface area contributed by atoms with Crippen molar-refractivity contribution in [1.82, 2.24) is 9.97 Å². The maximum absolute atomic E-state index is 12.8. The molecule has 4 N–H and O–H groups in total. The topological polar surface area (TPSA) is 80.8 Å². The molecule has 2 heterocycles. The van der Waals surface area contributed by atoms with Gasteiger partial charge in [-0.25, -0.2) is 9.69 Å². The van der Waals surface area contributed by atoms with Crippen molar-refractivity contribution < 1.29 is 62.9 Å². The molecule has 0 saturated carbocycles. The molecule has 6 nitrogen and oxygen atoms in total. The highest BCUT2D eigenvalue weighted by Gasteiger charge is 2.53. The largest absolute Gasteiger partial charge is 0.422 e. The second-order valence-electron chi connectivity index (χ2n) is 9.64. The Morgan fingerprint density at radius 1 is 0.545 bits per heavy atom. The lowest BCUT2D eigenvalue weighted by Crippen LogP contribution is -2.39. The SMILES string of the molecule is [C-]#[N+]c1cc2cc(C(C)(O)C(F)(F)F)[nH]c2cc1C(F)(F)F.[C-]#[N+]c1cc2cc(C(C)(O)C(F)(F)F)[nH]c2cc1C(F)(F)F. The summed E-state index contributed by atoms with van der Waals surface area (Å²) in [5.74, 6) is 0. The van der Waals surface area contributed by atoms with Crippen molar-refractivity contribution in [3.8, 4) is 0 Å². The number of rotatable bonds is 2. The van der Waals surface area contributed by atoms with E-state index < -0.39 is 69.8 Å². The molecule has 0 fully saturated rings. The van der Waals surface area contributed by atoms with E-state index in [1.165, 1.54) is 0 Å². The van der Waals surface area contributed by atoms with Gasteiger partial charge < -0.3 is 20.2 Å². The van der Waals surface area contributed by atoms with Crippen LogP contribution in [0.4, 0.5) is 64.1 Å². The maximum atomic E-state index is 12.8. The third-order valence-electron chi connectivity index (χ3n) is 6.48. The third kappa shape index (κ3) is 6.27. The van der Waals surface area contributed by atoms with Gasteiger partial charge in [0.1, 0.15) is 0 Å². The molecule has 0 amide bonds. The average Bonchev–Trinajstić information content (AvgIpc) is 3.49. The number of hydrogen-bond acceptors (Lipinski definition) is 2. The summed E-state index contributed by atoms with van der Waals surface area (Å²) in [4.78, 5) is 9.74. The Morgan fingerprint density at radius 2 is 0.841 bits per heavy atom. The molecular weight excluding hydrogens is 628 g/mol. The van der Waals surface area contributed by atoms with Crippen LogP contribution in [-0.4, -0.2) is 32.5 Å². The van der Waals surface area contributed by atoms with E-state index in [4.69, 9.17) is 13.1 Å². The van der Waals surface area contributed by atoms with Crippen LogP contribution in [0.15, 0.2) is 36.4 Å². The van der Waals surface area contributed by atoms with Crippen molar-refractivity contribution in [3.05, 3.63) is 81.7 Å². The average molecular weight is 644 g/mol. The number of benzene rings is 2. The molecule has 236 valence electrons. The Morgan fingerprint density at radius 3 is 1.07 bits per heavy atom. The number of H-pyrrole nitrogens is 2. The van der Waals surface area contributed by atoms with Crippen molar-refractivity contribution in [2.75, 3.05) is 0 Å². The van der Waals surface area contributed by atoms with Gasteiger partial charge in [0.15, 0.2) is 22.6 Å². The molecule has 2 atom stereocenters. The van der Waals surface area contributed by atoms with Crippen LogP contribution in [0.3, 0.4) is 0 Å². The lowest BCUT2D eigenvalue weighted by Gasteiger charge is -2.24. The van der Waals surface area contributed by atoms with Crippen molar-refractivity contribution in [1.29, 1.82) is 0 Å². The first-order chi connectivity index (χ1) is 19.8. The summed E-state index contributed by atoms with van der Waals surface area (Å²) in [6, 6.07) is 4.52. The van der Waals surface area contributed by atoms with Crippen molar-refractivity contribution in [3.63, 3.8) is 0 Å². The first kappa shape index (κ1) is 34.1. The summed E-state index contributed by atoms with van der Waals surface area (Å²) in [7, 11) is 0. The van der Waals surface area contributed by atoms with Gasteiger partial charge in [0, 0.05) is 11.0 Å². The molecule has 0 spiro atoms. The van der Waals surface area contributed by atoms with Gasteiger partial charge >= 0.3 is 24.7 Å². The Balaban J connectivity index is 0.000000240. The van der Waals surface area contributed by atoms with Crippen LogP contribution in [0.2, 0.25) is 0 Å². The minimum Gasteiger partial charge on any atom is -0.375 e. The zero-order chi connectivity index (χ0) is 33.8. The summed E-state index contributed by atoms with van der Waals surface area (Å²) in [6.07, 6.45) is -19.6. The normalized spacial score (nSPS) is 15.6. The van der Waals surface area contributed by atoms with E-state index in [-0.39, 0.29) is 21.8 Å². The van der Waals surface area contributed by atoms with E-state index in [1.54, 1.807) is 0 Å². The Kier molecular flexibility index (Phi) is 8.24. The lowest BCUT2D eigenvalue weighted by molar-refractivity contribution is -0.260. The number of aromatic nitrogens is 2. The first-order valence-electron chi connectivity index (χ1n) is 11.6. The van der Waals surface area contributed by atoms with Crippen molar-refractivity contribution >= 4 is 33.2 Å². The van der Waals surface area contributed by atoms with Crippen LogP contribution in [0, 0.1) is 13.1 Å². The van der Waals surface area contributed by atoms with Crippen LogP contribution in [0.1, 0.15) is 36.4 Å². The molecule has 0 radical (unpaired) electrons. The molecule has 0 aliphatic rings. The Hall–Kier alpha value is -4.42. The number of fused-ring (bicyclic) bond motifs is 2. The highest BCUT2D eigenvalue weighted by Crippen LogP contribution is 2.44. The summed E-state index contributed by atoms with van der Waals surface area (Å²) in [5, 5.41) is 19.0. The first-order valence-corrected chi connectivity index (χ1v) is 11.6. The Bertz CT molecular complexity index is 1660. The minimum atomic E-state index is -5.01. The molecule has 0 aliphatic carbocycles. The zero-order valence-corrected chi connectivity index (χ0v) is 21.8. The highest BCUT2D eigenvalue weighted by atomic mass is 19.4. The molecule has 0 bridgehead atoms. The number of nitrogens with zero attached hydrogens (tertiary/aromatic N) is 2. The fourth-order valence-electron chi connectivity index (χ4n) is 3.81. The smallest absolute Gasteiger partial charge is 0.375 e. The van der Waals surface area contributed by atoms with E-state index in [1.807, 2.05) is 0 Å². The number of hydrogen-bond donors (Lipinski definition) is 4. The molecule has 4 aromatic rings. The van der Waals surface area contributed by atoms with Gasteiger partial charge in [-0.3, -0.25) is 0 Å². The highest BCUT2D eigenvalue weighted by molar-refractivity contribution is 5.87. The van der Waals surface area contributed by atoms with Crippen LogP contribution in [-0.2, 0) is 23.6 Å². The predicted octanol–water partition coefficient (Wildman–Crippen LogP) is 9.01. The van der Waals surface area contributed by atoms with Gasteiger partial charge in [-0.2, -0.15) is 52.7 Å². The minimum absolute atomic E-state index is 0.0291. The quantitative estimate of drug-likeness (QED) is 0.130. The third-order valence-corrected chi connectivity index (χ3v) is 6.48. The van der Waals surface area contributed by atoms with Gasteiger partial charge in [0.2, 0.25) is 0 Å². The van der Waals surface area contributed by atoms with E-state index in [2.05, 4.69) is 19.7 Å². The fraction of sp³-hybridized carbons (Fsp3) is 0.308. The molecule has 4 rings (SSSR count). The van der Waals surface area contributed by atoms with E-state index in [9.17, 15) is 62.9 Å². The Labute approximate surface area is 238 Å². The molecule has 18 heteroatoms. The maximum Gasteiger partial charge on any atom is 0.422 e. The molecular formula is C26H16F12N4O2. The molecule has 2 aromatic heterocycles. The standard InChI is InChI=1S/2C13H8F6N2O/c2*1-11(22,13(17,18)19)10-4-6-3-9(20-2)7(12(14,15)16)5-8(6)21-10/h2*3-5,21-22H,1H3. The molecule has 2 unspecified atom stereocenters. The van der Waals surface area contributed by atoms with Crippen LogP contribution in [0.25, 0.3) is 31.5 Å².